The second kappa shape index (κ2) is 5.58. The highest BCUT2D eigenvalue weighted by molar-refractivity contribution is 6.11. The normalized spacial score (nSPS) is 26.2. The zero-order valence-corrected chi connectivity index (χ0v) is 14.9. The third-order valence-electron chi connectivity index (χ3n) is 5.62. The van der Waals surface area contributed by atoms with Gasteiger partial charge in [0.2, 0.25) is 5.91 Å². The van der Waals surface area contributed by atoms with Gasteiger partial charge in [0.15, 0.2) is 0 Å². The fraction of sp³-hybridized carbons (Fsp3) is 0.526. The molecule has 1 aromatic rings. The number of anilines is 1. The number of fused-ring (bicyclic) bond motifs is 1. The Bertz CT molecular complexity index is 743. The summed E-state index contributed by atoms with van der Waals surface area (Å²) in [5, 5.41) is 0. The number of hydrogen-bond acceptors (Lipinski definition) is 3. The minimum absolute atomic E-state index is 0.141. The molecular weight excluding hydrogens is 318 g/mol. The molecule has 3 heterocycles. The number of benzene rings is 1. The molecule has 0 spiro atoms. The summed E-state index contributed by atoms with van der Waals surface area (Å²) in [4.78, 5) is 42.9. The Kier molecular flexibility index (Phi) is 3.60. The van der Waals surface area contributed by atoms with E-state index in [-0.39, 0.29) is 23.9 Å². The third kappa shape index (κ3) is 2.27. The van der Waals surface area contributed by atoms with Gasteiger partial charge in [0.1, 0.15) is 12.1 Å². The van der Waals surface area contributed by atoms with Crippen LogP contribution in [0.15, 0.2) is 12.1 Å². The summed E-state index contributed by atoms with van der Waals surface area (Å²) in [6, 6.07) is 2.82. The molecule has 0 N–H and O–H groups in total. The first-order valence-corrected chi connectivity index (χ1v) is 8.93. The van der Waals surface area contributed by atoms with E-state index in [1.54, 1.807) is 9.80 Å². The van der Waals surface area contributed by atoms with Gasteiger partial charge in [-0.3, -0.25) is 9.59 Å². The van der Waals surface area contributed by atoms with Crippen molar-refractivity contribution in [1.82, 2.24) is 9.80 Å². The van der Waals surface area contributed by atoms with Crippen LogP contribution in [0.1, 0.15) is 36.0 Å². The van der Waals surface area contributed by atoms with Gasteiger partial charge in [-0.25, -0.2) is 9.69 Å². The van der Waals surface area contributed by atoms with Crippen LogP contribution in [-0.2, 0) is 9.59 Å². The molecule has 1 aromatic carbocycles. The Morgan fingerprint density at radius 1 is 0.880 bits per heavy atom. The molecule has 0 aliphatic carbocycles. The highest BCUT2D eigenvalue weighted by Crippen LogP contribution is 2.35. The zero-order chi connectivity index (χ0) is 17.9. The Balaban J connectivity index is 1.63. The summed E-state index contributed by atoms with van der Waals surface area (Å²) in [5.41, 5.74) is 4.17. The summed E-state index contributed by atoms with van der Waals surface area (Å²) in [6.45, 7) is 7.19. The van der Waals surface area contributed by atoms with Gasteiger partial charge in [-0.1, -0.05) is 17.7 Å². The average molecular weight is 341 g/mol. The first-order chi connectivity index (χ1) is 11.9. The maximum absolute atomic E-state index is 13.1. The smallest absolute Gasteiger partial charge is 0.312 e. The second-order valence-electron chi connectivity index (χ2n) is 7.38. The summed E-state index contributed by atoms with van der Waals surface area (Å²) in [5.74, 6) is -0.335. The minimum Gasteiger partial charge on any atom is -0.312 e. The van der Waals surface area contributed by atoms with Gasteiger partial charge >= 0.3 is 6.03 Å². The van der Waals surface area contributed by atoms with Crippen molar-refractivity contribution in [3.8, 4) is 0 Å². The van der Waals surface area contributed by atoms with Crippen molar-refractivity contribution in [2.45, 2.75) is 52.1 Å². The lowest BCUT2D eigenvalue weighted by Crippen LogP contribution is -2.46. The Hall–Kier alpha value is -2.37. The van der Waals surface area contributed by atoms with E-state index < -0.39 is 6.04 Å². The number of carbonyl (C=O) groups is 3. The van der Waals surface area contributed by atoms with Crippen molar-refractivity contribution in [2.75, 3.05) is 18.0 Å². The molecule has 3 aliphatic heterocycles. The number of nitrogens with zero attached hydrogens (tertiary/aromatic N) is 3. The maximum atomic E-state index is 13.1. The molecule has 3 saturated heterocycles. The Morgan fingerprint density at radius 3 is 2.20 bits per heavy atom. The van der Waals surface area contributed by atoms with Crippen LogP contribution >= 0.6 is 0 Å². The van der Waals surface area contributed by atoms with Gasteiger partial charge in [-0.15, -0.1) is 0 Å². The van der Waals surface area contributed by atoms with E-state index >= 15 is 0 Å². The van der Waals surface area contributed by atoms with E-state index in [2.05, 4.69) is 12.1 Å². The van der Waals surface area contributed by atoms with Crippen LogP contribution in [0.25, 0.3) is 0 Å². The van der Waals surface area contributed by atoms with Crippen LogP contribution in [0.5, 0.6) is 0 Å². The SMILES string of the molecule is Cc1cc(C)c(N2CC[C@H](N3C(=O)[C@@H]4CCCN4C3=O)C2=O)c(C)c1. The second-order valence-corrected chi connectivity index (χ2v) is 7.38. The number of imide groups is 1. The van der Waals surface area contributed by atoms with Crippen LogP contribution in [-0.4, -0.2) is 52.8 Å². The maximum Gasteiger partial charge on any atom is 0.328 e. The third-order valence-corrected chi connectivity index (χ3v) is 5.62. The molecule has 4 rings (SSSR count). The molecular formula is C19H23N3O3. The lowest BCUT2D eigenvalue weighted by molar-refractivity contribution is -0.133. The van der Waals surface area contributed by atoms with Gasteiger partial charge in [-0.2, -0.15) is 0 Å². The number of amides is 4. The molecule has 6 nitrogen and oxygen atoms in total. The van der Waals surface area contributed by atoms with Crippen molar-refractivity contribution in [3.63, 3.8) is 0 Å². The number of urea groups is 1. The summed E-state index contributed by atoms with van der Waals surface area (Å²) in [7, 11) is 0. The Labute approximate surface area is 147 Å². The van der Waals surface area contributed by atoms with E-state index in [0.29, 0.717) is 25.9 Å². The van der Waals surface area contributed by atoms with Gasteiger partial charge in [0.05, 0.1) is 0 Å². The number of hydrogen-bond donors (Lipinski definition) is 0. The van der Waals surface area contributed by atoms with Gasteiger partial charge in [-0.05, 0) is 51.2 Å². The quantitative estimate of drug-likeness (QED) is 0.775. The molecule has 0 radical (unpaired) electrons. The lowest BCUT2D eigenvalue weighted by Gasteiger charge is -2.24. The van der Waals surface area contributed by atoms with Crippen molar-refractivity contribution >= 4 is 23.5 Å². The molecule has 3 aliphatic rings. The summed E-state index contributed by atoms with van der Waals surface area (Å²) < 4.78 is 0. The molecule has 132 valence electrons. The molecule has 0 saturated carbocycles. The molecule has 0 aromatic heterocycles. The predicted molar refractivity (Wildman–Crippen MR) is 93.4 cm³/mol. The highest BCUT2D eigenvalue weighted by atomic mass is 16.2. The molecule has 0 unspecified atom stereocenters. The lowest BCUT2D eigenvalue weighted by atomic mass is 10.0. The molecule has 6 heteroatoms. The molecule has 25 heavy (non-hydrogen) atoms. The van der Waals surface area contributed by atoms with Gasteiger partial charge < -0.3 is 9.80 Å². The highest BCUT2D eigenvalue weighted by Gasteiger charge is 2.53. The monoisotopic (exact) mass is 341 g/mol. The first kappa shape index (κ1) is 16.1. The van der Waals surface area contributed by atoms with Crippen molar-refractivity contribution in [2.24, 2.45) is 0 Å². The van der Waals surface area contributed by atoms with Gasteiger partial charge in [0.25, 0.3) is 5.91 Å². The first-order valence-electron chi connectivity index (χ1n) is 8.93. The number of aryl methyl sites for hydroxylation is 3. The van der Waals surface area contributed by atoms with Crippen LogP contribution in [0, 0.1) is 20.8 Å². The average Bonchev–Trinajstić information content (AvgIpc) is 3.20. The fourth-order valence-corrected chi connectivity index (χ4v) is 4.66. The van der Waals surface area contributed by atoms with Crippen molar-refractivity contribution in [1.29, 1.82) is 0 Å². The fourth-order valence-electron chi connectivity index (χ4n) is 4.66. The van der Waals surface area contributed by atoms with E-state index in [9.17, 15) is 14.4 Å². The van der Waals surface area contributed by atoms with E-state index in [4.69, 9.17) is 0 Å². The summed E-state index contributed by atoms with van der Waals surface area (Å²) in [6.07, 6.45) is 2.08. The number of carbonyl (C=O) groups excluding carboxylic acids is 3. The van der Waals surface area contributed by atoms with Gasteiger partial charge in [0, 0.05) is 18.8 Å². The molecule has 2 atom stereocenters. The summed E-state index contributed by atoms with van der Waals surface area (Å²) >= 11 is 0. The number of rotatable bonds is 2. The predicted octanol–water partition coefficient (Wildman–Crippen LogP) is 2.14. The van der Waals surface area contributed by atoms with E-state index in [1.165, 1.54) is 4.90 Å². The topological polar surface area (TPSA) is 60.9 Å². The molecule has 3 fully saturated rings. The van der Waals surface area contributed by atoms with Crippen molar-refractivity contribution < 1.29 is 14.4 Å². The standard InChI is InChI=1S/C19H23N3O3/c1-11-9-12(2)16(13(3)10-11)21-8-6-15(17(21)23)22-18(24)14-5-4-7-20(14)19(22)25/h9-10,14-15H,4-8H2,1-3H3/t14-,15-/m0/s1. The zero-order valence-electron chi connectivity index (χ0n) is 14.9. The minimum atomic E-state index is -0.661. The van der Waals surface area contributed by atoms with E-state index in [0.717, 1.165) is 28.8 Å². The molecule has 4 amide bonds. The Morgan fingerprint density at radius 2 is 1.56 bits per heavy atom. The largest absolute Gasteiger partial charge is 0.328 e. The van der Waals surface area contributed by atoms with Crippen molar-refractivity contribution in [3.05, 3.63) is 28.8 Å². The van der Waals surface area contributed by atoms with Crippen LogP contribution < -0.4 is 4.90 Å². The van der Waals surface area contributed by atoms with Crippen LogP contribution in [0.3, 0.4) is 0 Å². The molecule has 0 bridgehead atoms. The van der Waals surface area contributed by atoms with Crippen LogP contribution in [0.2, 0.25) is 0 Å². The van der Waals surface area contributed by atoms with Crippen LogP contribution in [0.4, 0.5) is 10.5 Å². The van der Waals surface area contributed by atoms with E-state index in [1.807, 2.05) is 20.8 Å².